The standard InChI is InChI=1S/C10H11BrN2O2/c1-2-6(10(14)15)3-7-5-13-9(11)4-8(7)12/h3-5H,2H2,1H3,(H2,12,13)(H,14,15)/b6-3+. The fourth-order valence-corrected chi connectivity index (χ4v) is 1.43. The van der Waals surface area contributed by atoms with Crippen molar-refractivity contribution in [2.24, 2.45) is 0 Å². The van der Waals surface area contributed by atoms with Crippen LogP contribution in [0.2, 0.25) is 0 Å². The molecule has 0 aliphatic heterocycles. The number of nitrogens with zero attached hydrogens (tertiary/aromatic N) is 1. The first-order valence-corrected chi connectivity index (χ1v) is 5.18. The Labute approximate surface area is 95.9 Å². The first kappa shape index (κ1) is 11.7. The Morgan fingerprint density at radius 3 is 2.87 bits per heavy atom. The fraction of sp³-hybridized carbons (Fsp3) is 0.200. The Bertz CT molecular complexity index is 416. The lowest BCUT2D eigenvalue weighted by atomic mass is 10.1. The third kappa shape index (κ3) is 3.06. The first-order chi connectivity index (χ1) is 7.04. The minimum absolute atomic E-state index is 0.311. The molecule has 0 saturated carbocycles. The van der Waals surface area contributed by atoms with Crippen molar-refractivity contribution >= 4 is 33.7 Å². The summed E-state index contributed by atoms with van der Waals surface area (Å²) in [5, 5.41) is 8.84. The van der Waals surface area contributed by atoms with E-state index in [-0.39, 0.29) is 0 Å². The largest absolute Gasteiger partial charge is 0.478 e. The second kappa shape index (κ2) is 4.93. The zero-order valence-corrected chi connectivity index (χ0v) is 9.78. The zero-order valence-electron chi connectivity index (χ0n) is 8.20. The van der Waals surface area contributed by atoms with Crippen molar-refractivity contribution in [3.05, 3.63) is 28.0 Å². The Kier molecular flexibility index (Phi) is 3.85. The van der Waals surface area contributed by atoms with Gasteiger partial charge in [0.05, 0.1) is 0 Å². The van der Waals surface area contributed by atoms with Crippen molar-refractivity contribution in [2.75, 3.05) is 5.73 Å². The van der Waals surface area contributed by atoms with Crippen molar-refractivity contribution < 1.29 is 9.90 Å². The van der Waals surface area contributed by atoms with Crippen LogP contribution in [0.15, 0.2) is 22.4 Å². The Morgan fingerprint density at radius 1 is 1.73 bits per heavy atom. The van der Waals surface area contributed by atoms with Crippen LogP contribution in [0.4, 0.5) is 5.69 Å². The number of nitrogen functional groups attached to an aromatic ring is 1. The summed E-state index contributed by atoms with van der Waals surface area (Å²) < 4.78 is 0.630. The molecule has 0 spiro atoms. The molecule has 0 aliphatic rings. The predicted octanol–water partition coefficient (Wildman–Crippen LogP) is 2.30. The van der Waals surface area contributed by atoms with Gasteiger partial charge in [-0.25, -0.2) is 9.78 Å². The number of halogens is 1. The number of hydrogen-bond acceptors (Lipinski definition) is 3. The van der Waals surface area contributed by atoms with Crippen LogP contribution < -0.4 is 5.73 Å². The number of aromatic nitrogens is 1. The van der Waals surface area contributed by atoms with Gasteiger partial charge in [0, 0.05) is 23.0 Å². The number of hydrogen-bond donors (Lipinski definition) is 2. The third-order valence-electron chi connectivity index (χ3n) is 1.92. The molecule has 0 amide bonds. The molecule has 0 saturated heterocycles. The number of anilines is 1. The van der Waals surface area contributed by atoms with E-state index >= 15 is 0 Å². The maximum Gasteiger partial charge on any atom is 0.331 e. The highest BCUT2D eigenvalue weighted by atomic mass is 79.9. The summed E-state index contributed by atoms with van der Waals surface area (Å²) in [4.78, 5) is 14.8. The monoisotopic (exact) mass is 270 g/mol. The van der Waals surface area contributed by atoms with Gasteiger partial charge in [0.15, 0.2) is 0 Å². The maximum atomic E-state index is 10.8. The van der Waals surface area contributed by atoms with Gasteiger partial charge in [0.2, 0.25) is 0 Å². The number of carbonyl (C=O) groups is 1. The van der Waals surface area contributed by atoms with Gasteiger partial charge in [-0.15, -0.1) is 0 Å². The Balaban J connectivity index is 3.12. The minimum Gasteiger partial charge on any atom is -0.478 e. The first-order valence-electron chi connectivity index (χ1n) is 4.39. The summed E-state index contributed by atoms with van der Waals surface area (Å²) in [5.41, 5.74) is 7.15. The number of rotatable bonds is 3. The molecule has 15 heavy (non-hydrogen) atoms. The second-order valence-corrected chi connectivity index (χ2v) is 3.78. The van der Waals surface area contributed by atoms with Crippen LogP contribution in [0.1, 0.15) is 18.9 Å². The average Bonchev–Trinajstić information content (AvgIpc) is 2.16. The topological polar surface area (TPSA) is 76.2 Å². The fourth-order valence-electron chi connectivity index (χ4n) is 1.08. The van der Waals surface area contributed by atoms with Gasteiger partial charge < -0.3 is 10.8 Å². The third-order valence-corrected chi connectivity index (χ3v) is 2.35. The molecule has 5 heteroatoms. The molecule has 3 N–H and O–H groups in total. The molecular weight excluding hydrogens is 260 g/mol. The van der Waals surface area contributed by atoms with E-state index in [1.807, 2.05) is 0 Å². The number of aliphatic carboxylic acids is 1. The summed E-state index contributed by atoms with van der Waals surface area (Å²) in [5.74, 6) is -0.931. The summed E-state index contributed by atoms with van der Waals surface area (Å²) in [6, 6.07) is 1.64. The Morgan fingerprint density at radius 2 is 2.40 bits per heavy atom. The van der Waals surface area contributed by atoms with Gasteiger partial charge >= 0.3 is 5.97 Å². The highest BCUT2D eigenvalue weighted by molar-refractivity contribution is 9.10. The van der Waals surface area contributed by atoms with E-state index < -0.39 is 5.97 Å². The molecule has 0 atom stereocenters. The summed E-state index contributed by atoms with van der Waals surface area (Å²) >= 11 is 3.18. The molecule has 1 aromatic heterocycles. The second-order valence-electron chi connectivity index (χ2n) is 2.96. The summed E-state index contributed by atoms with van der Waals surface area (Å²) in [6.45, 7) is 1.78. The van der Waals surface area contributed by atoms with Gasteiger partial charge in [-0.2, -0.15) is 0 Å². The lowest BCUT2D eigenvalue weighted by Gasteiger charge is -2.02. The van der Waals surface area contributed by atoms with E-state index in [2.05, 4.69) is 20.9 Å². The van der Waals surface area contributed by atoms with Crippen LogP contribution >= 0.6 is 15.9 Å². The Hall–Kier alpha value is -1.36. The molecular formula is C10H11BrN2O2. The normalized spacial score (nSPS) is 11.5. The highest BCUT2D eigenvalue weighted by Crippen LogP contribution is 2.19. The lowest BCUT2D eigenvalue weighted by molar-refractivity contribution is -0.132. The lowest BCUT2D eigenvalue weighted by Crippen LogP contribution is -2.00. The maximum absolute atomic E-state index is 10.8. The molecule has 1 heterocycles. The SMILES string of the molecule is CC/C(=C\c1cnc(Br)cc1N)C(=O)O. The van der Waals surface area contributed by atoms with Crippen LogP contribution in [0.3, 0.4) is 0 Å². The number of nitrogens with two attached hydrogens (primary N) is 1. The molecule has 4 nitrogen and oxygen atoms in total. The molecule has 0 unspecified atom stereocenters. The zero-order chi connectivity index (χ0) is 11.4. The van der Waals surface area contributed by atoms with Gasteiger partial charge in [0.1, 0.15) is 4.60 Å². The smallest absolute Gasteiger partial charge is 0.331 e. The van der Waals surface area contributed by atoms with E-state index in [0.717, 1.165) is 0 Å². The quantitative estimate of drug-likeness (QED) is 0.653. The molecule has 0 aliphatic carbocycles. The van der Waals surface area contributed by atoms with Gasteiger partial charge in [-0.1, -0.05) is 6.92 Å². The van der Waals surface area contributed by atoms with Gasteiger partial charge in [-0.3, -0.25) is 0 Å². The van der Waals surface area contributed by atoms with E-state index in [4.69, 9.17) is 10.8 Å². The van der Waals surface area contributed by atoms with E-state index in [0.29, 0.717) is 27.8 Å². The van der Waals surface area contributed by atoms with Crippen molar-refractivity contribution in [1.29, 1.82) is 0 Å². The molecule has 1 rings (SSSR count). The summed E-state index contributed by atoms with van der Waals surface area (Å²) in [7, 11) is 0. The van der Waals surface area contributed by atoms with E-state index in [1.165, 1.54) is 12.3 Å². The van der Waals surface area contributed by atoms with Gasteiger partial charge in [-0.05, 0) is 34.5 Å². The molecule has 0 aromatic carbocycles. The van der Waals surface area contributed by atoms with Crippen LogP contribution in [0, 0.1) is 0 Å². The van der Waals surface area contributed by atoms with Crippen LogP contribution in [-0.2, 0) is 4.79 Å². The molecule has 80 valence electrons. The molecule has 0 bridgehead atoms. The number of carboxylic acid groups (broad SMARTS) is 1. The molecule has 0 fully saturated rings. The van der Waals surface area contributed by atoms with E-state index in [1.54, 1.807) is 13.0 Å². The molecule has 1 aromatic rings. The highest BCUT2D eigenvalue weighted by Gasteiger charge is 2.06. The average molecular weight is 271 g/mol. The van der Waals surface area contributed by atoms with Crippen molar-refractivity contribution in [2.45, 2.75) is 13.3 Å². The van der Waals surface area contributed by atoms with Gasteiger partial charge in [0.25, 0.3) is 0 Å². The van der Waals surface area contributed by atoms with E-state index in [9.17, 15) is 4.79 Å². The molecule has 0 radical (unpaired) electrons. The van der Waals surface area contributed by atoms with Crippen LogP contribution in [0.25, 0.3) is 6.08 Å². The van der Waals surface area contributed by atoms with Crippen molar-refractivity contribution in [1.82, 2.24) is 4.98 Å². The number of carboxylic acids is 1. The number of pyridine rings is 1. The minimum atomic E-state index is -0.931. The van der Waals surface area contributed by atoms with Crippen LogP contribution in [-0.4, -0.2) is 16.1 Å². The van der Waals surface area contributed by atoms with Crippen molar-refractivity contribution in [3.63, 3.8) is 0 Å². The summed E-state index contributed by atoms with van der Waals surface area (Å²) in [6.07, 6.45) is 3.53. The predicted molar refractivity (Wildman–Crippen MR) is 62.3 cm³/mol. The van der Waals surface area contributed by atoms with Crippen molar-refractivity contribution in [3.8, 4) is 0 Å². The van der Waals surface area contributed by atoms with Crippen LogP contribution in [0.5, 0.6) is 0 Å².